The minimum Gasteiger partial charge on any atom is -0.369 e. The van der Waals surface area contributed by atoms with Crippen LogP contribution >= 0.6 is 22.9 Å². The van der Waals surface area contributed by atoms with Crippen molar-refractivity contribution in [3.8, 4) is 10.6 Å². The number of aryl methyl sites for hydroxylation is 2. The van der Waals surface area contributed by atoms with Crippen molar-refractivity contribution < 1.29 is 0 Å². The zero-order valence-corrected chi connectivity index (χ0v) is 18.8. The van der Waals surface area contributed by atoms with Crippen LogP contribution in [0, 0.1) is 6.92 Å². The molecule has 2 aliphatic rings. The van der Waals surface area contributed by atoms with E-state index in [2.05, 4.69) is 70.6 Å². The van der Waals surface area contributed by atoms with Gasteiger partial charge in [-0.05, 0) is 60.5 Å². The van der Waals surface area contributed by atoms with Crippen molar-refractivity contribution in [1.29, 1.82) is 0 Å². The van der Waals surface area contributed by atoms with E-state index >= 15 is 0 Å². The quantitative estimate of drug-likeness (QED) is 0.513. The van der Waals surface area contributed by atoms with Crippen molar-refractivity contribution in [2.24, 2.45) is 0 Å². The number of rotatable bonds is 4. The molecule has 1 aliphatic heterocycles. The van der Waals surface area contributed by atoms with E-state index in [1.165, 1.54) is 21.7 Å². The van der Waals surface area contributed by atoms with Gasteiger partial charge in [0, 0.05) is 44.0 Å². The number of anilines is 1. The van der Waals surface area contributed by atoms with Crippen LogP contribution in [-0.4, -0.2) is 42.6 Å². The van der Waals surface area contributed by atoms with Crippen LogP contribution in [0.5, 0.6) is 0 Å². The molecule has 0 bridgehead atoms. The van der Waals surface area contributed by atoms with Crippen LogP contribution in [-0.2, 0) is 6.42 Å². The van der Waals surface area contributed by atoms with Gasteiger partial charge in [-0.2, -0.15) is 0 Å². The van der Waals surface area contributed by atoms with E-state index in [9.17, 15) is 0 Å². The molecular weight excluding hydrogens is 410 g/mol. The highest BCUT2D eigenvalue weighted by Gasteiger charge is 2.24. The van der Waals surface area contributed by atoms with Gasteiger partial charge < -0.3 is 4.90 Å². The highest BCUT2D eigenvalue weighted by molar-refractivity contribution is 7.13. The maximum atomic E-state index is 6.86. The zero-order chi connectivity index (χ0) is 20.5. The molecule has 0 atom stereocenters. The van der Waals surface area contributed by atoms with Crippen molar-refractivity contribution >= 4 is 33.7 Å². The maximum absolute atomic E-state index is 6.86. The summed E-state index contributed by atoms with van der Waals surface area (Å²) in [5.74, 6) is 0. The van der Waals surface area contributed by atoms with Crippen molar-refractivity contribution in [1.82, 2.24) is 9.88 Å². The van der Waals surface area contributed by atoms with Gasteiger partial charge in [-0.3, -0.25) is 9.88 Å². The predicted molar refractivity (Wildman–Crippen MR) is 128 cm³/mol. The number of nitrogens with zero attached hydrogens (tertiary/aromatic N) is 3. The summed E-state index contributed by atoms with van der Waals surface area (Å²) >= 11 is 8.59. The monoisotopic (exact) mass is 435 g/mol. The fourth-order valence-electron chi connectivity index (χ4n) is 4.51. The molecule has 154 valence electrons. The molecule has 1 aliphatic carbocycles. The fraction of sp³-hybridized carbons (Fsp3) is 0.320. The van der Waals surface area contributed by atoms with Gasteiger partial charge in [0.05, 0.1) is 21.3 Å². The van der Waals surface area contributed by atoms with E-state index in [1.54, 1.807) is 11.3 Å². The first-order valence-corrected chi connectivity index (χ1v) is 11.9. The Kier molecular flexibility index (Phi) is 5.64. The second-order valence-corrected chi connectivity index (χ2v) is 9.46. The van der Waals surface area contributed by atoms with Crippen LogP contribution < -0.4 is 4.90 Å². The van der Waals surface area contributed by atoms with E-state index in [0.29, 0.717) is 0 Å². The Bertz CT molecular complexity index is 1070. The van der Waals surface area contributed by atoms with Crippen molar-refractivity contribution in [3.63, 3.8) is 0 Å². The van der Waals surface area contributed by atoms with E-state index in [4.69, 9.17) is 16.6 Å². The van der Waals surface area contributed by atoms with Crippen LogP contribution in [0.25, 0.3) is 15.6 Å². The Morgan fingerprint density at radius 3 is 2.57 bits per heavy atom. The average Bonchev–Trinajstić information content (AvgIpc) is 3.32. The number of hydrogen-bond donors (Lipinski definition) is 0. The summed E-state index contributed by atoms with van der Waals surface area (Å²) in [4.78, 5) is 11.2. The lowest BCUT2D eigenvalue weighted by atomic mass is 9.94. The first-order valence-electron chi connectivity index (χ1n) is 10.6. The van der Waals surface area contributed by atoms with E-state index in [0.717, 1.165) is 67.5 Å². The standard InChI is InChI=1S/C25H26ClN3S/c1-18-5-2-3-6-23(18)29-14-12-28(13-15-29)17-19-8-10-21-20(25(19)26)9-11-22(27-21)24-7-4-16-30-24/h2-7,9,11,16H,8,10,12-15,17H2,1H3. The van der Waals surface area contributed by atoms with Crippen molar-refractivity contribution in [2.45, 2.75) is 19.8 Å². The third-order valence-electron chi connectivity index (χ3n) is 6.20. The highest BCUT2D eigenvalue weighted by atomic mass is 35.5. The molecule has 2 aromatic heterocycles. The number of thiophene rings is 1. The SMILES string of the molecule is Cc1ccccc1N1CCN(CC2=C(Cl)c3ccc(-c4cccs4)nc3CC2)CC1. The minimum absolute atomic E-state index is 0.919. The molecule has 0 saturated carbocycles. The lowest BCUT2D eigenvalue weighted by Crippen LogP contribution is -2.47. The fourth-order valence-corrected chi connectivity index (χ4v) is 5.53. The number of benzene rings is 1. The summed E-state index contributed by atoms with van der Waals surface area (Å²) in [6.07, 6.45) is 1.98. The van der Waals surface area contributed by atoms with Gasteiger partial charge in [-0.1, -0.05) is 35.9 Å². The summed E-state index contributed by atoms with van der Waals surface area (Å²) in [6.45, 7) is 7.45. The highest BCUT2D eigenvalue weighted by Crippen LogP contribution is 2.36. The van der Waals surface area contributed by atoms with E-state index in [1.807, 2.05) is 0 Å². The van der Waals surface area contributed by atoms with Crippen molar-refractivity contribution in [3.05, 3.63) is 76.3 Å². The molecule has 0 spiro atoms. The first kappa shape index (κ1) is 19.8. The van der Waals surface area contributed by atoms with Gasteiger partial charge in [-0.15, -0.1) is 11.3 Å². The Balaban J connectivity index is 1.27. The smallest absolute Gasteiger partial charge is 0.0805 e. The molecule has 30 heavy (non-hydrogen) atoms. The van der Waals surface area contributed by atoms with Gasteiger partial charge in [0.15, 0.2) is 0 Å². The Morgan fingerprint density at radius 1 is 0.967 bits per heavy atom. The van der Waals surface area contributed by atoms with Crippen LogP contribution in [0.15, 0.2) is 59.5 Å². The number of pyridine rings is 1. The summed E-state index contributed by atoms with van der Waals surface area (Å²) in [6, 6.07) is 17.2. The molecule has 3 nitrogen and oxygen atoms in total. The van der Waals surface area contributed by atoms with Crippen LogP contribution in [0.4, 0.5) is 5.69 Å². The lowest BCUT2D eigenvalue weighted by molar-refractivity contribution is 0.276. The van der Waals surface area contributed by atoms with Gasteiger partial charge in [0.1, 0.15) is 0 Å². The van der Waals surface area contributed by atoms with Gasteiger partial charge in [0.25, 0.3) is 0 Å². The summed E-state index contributed by atoms with van der Waals surface area (Å²) in [7, 11) is 0. The average molecular weight is 436 g/mol. The van der Waals surface area contributed by atoms with E-state index < -0.39 is 0 Å². The predicted octanol–water partition coefficient (Wildman–Crippen LogP) is 5.84. The topological polar surface area (TPSA) is 19.4 Å². The third-order valence-corrected chi connectivity index (χ3v) is 7.56. The summed E-state index contributed by atoms with van der Waals surface area (Å²) < 4.78 is 0. The Morgan fingerprint density at radius 2 is 1.80 bits per heavy atom. The lowest BCUT2D eigenvalue weighted by Gasteiger charge is -2.37. The zero-order valence-electron chi connectivity index (χ0n) is 17.3. The second-order valence-electron chi connectivity index (χ2n) is 8.14. The van der Waals surface area contributed by atoms with Crippen LogP contribution in [0.2, 0.25) is 0 Å². The van der Waals surface area contributed by atoms with Crippen LogP contribution in [0.1, 0.15) is 23.2 Å². The molecule has 1 saturated heterocycles. The van der Waals surface area contributed by atoms with Gasteiger partial charge in [0.2, 0.25) is 0 Å². The summed E-state index contributed by atoms with van der Waals surface area (Å²) in [5, 5.41) is 3.02. The number of hydrogen-bond acceptors (Lipinski definition) is 4. The number of piperazine rings is 1. The molecule has 5 rings (SSSR count). The maximum Gasteiger partial charge on any atom is 0.0805 e. The normalized spacial score (nSPS) is 17.3. The number of fused-ring (bicyclic) bond motifs is 1. The summed E-state index contributed by atoms with van der Waals surface area (Å²) in [5.41, 5.74) is 7.41. The second kappa shape index (κ2) is 8.54. The number of halogens is 1. The molecule has 0 N–H and O–H groups in total. The molecular formula is C25H26ClN3S. The molecule has 1 aromatic carbocycles. The van der Waals surface area contributed by atoms with Crippen molar-refractivity contribution in [2.75, 3.05) is 37.6 Å². The molecule has 0 radical (unpaired) electrons. The molecule has 0 amide bonds. The number of aromatic nitrogens is 1. The number of para-hydroxylation sites is 1. The van der Waals surface area contributed by atoms with Gasteiger partial charge in [-0.25, -0.2) is 0 Å². The molecule has 3 aromatic rings. The molecule has 1 fully saturated rings. The molecule has 3 heterocycles. The molecule has 5 heteroatoms. The Labute approximate surface area is 187 Å². The Hall–Kier alpha value is -2.14. The van der Waals surface area contributed by atoms with E-state index in [-0.39, 0.29) is 0 Å². The van der Waals surface area contributed by atoms with Gasteiger partial charge >= 0.3 is 0 Å². The molecule has 0 unspecified atom stereocenters. The van der Waals surface area contributed by atoms with Crippen LogP contribution in [0.3, 0.4) is 0 Å². The largest absolute Gasteiger partial charge is 0.369 e. The third kappa shape index (κ3) is 3.92. The minimum atomic E-state index is 0.919. The first-order chi connectivity index (χ1) is 14.7.